The lowest BCUT2D eigenvalue weighted by molar-refractivity contribution is -0.107. The predicted molar refractivity (Wildman–Crippen MR) is 58.4 cm³/mol. The summed E-state index contributed by atoms with van der Waals surface area (Å²) in [6.07, 6.45) is 10.7. The van der Waals surface area contributed by atoms with Crippen molar-refractivity contribution in [1.82, 2.24) is 5.01 Å². The number of hydrogen-bond acceptors (Lipinski definition) is 3. The monoisotopic (exact) mass is 196 g/mol. The third kappa shape index (κ3) is 5.00. The van der Waals surface area contributed by atoms with Crippen molar-refractivity contribution in [1.29, 1.82) is 0 Å². The van der Waals surface area contributed by atoms with Crippen LogP contribution in [0.3, 0.4) is 0 Å². The second-order valence-electron chi connectivity index (χ2n) is 3.76. The highest BCUT2D eigenvalue weighted by Crippen LogP contribution is 2.08. The molecular weight excluding hydrogens is 176 g/mol. The summed E-state index contributed by atoms with van der Waals surface area (Å²) < 4.78 is 0. The highest BCUT2D eigenvalue weighted by Gasteiger charge is 2.05. The van der Waals surface area contributed by atoms with Crippen molar-refractivity contribution in [2.24, 2.45) is 5.10 Å². The molecular formula is C11H20N2O. The van der Waals surface area contributed by atoms with E-state index >= 15 is 0 Å². The molecule has 80 valence electrons. The standard InChI is InChI=1S/C11H20N2O/c14-11-7-2-1-4-8-12-13-9-5-3-6-10-13/h8,11H,1-7,9-10H2. The minimum Gasteiger partial charge on any atom is -0.303 e. The van der Waals surface area contributed by atoms with Crippen molar-refractivity contribution >= 4 is 12.5 Å². The summed E-state index contributed by atoms with van der Waals surface area (Å²) in [6.45, 7) is 2.23. The average Bonchev–Trinajstić information content (AvgIpc) is 2.25. The quantitative estimate of drug-likeness (QED) is 0.371. The summed E-state index contributed by atoms with van der Waals surface area (Å²) in [4.78, 5) is 10.0. The van der Waals surface area contributed by atoms with Gasteiger partial charge in [0, 0.05) is 25.7 Å². The van der Waals surface area contributed by atoms with Gasteiger partial charge in [0.15, 0.2) is 0 Å². The van der Waals surface area contributed by atoms with Crippen molar-refractivity contribution in [2.75, 3.05) is 13.1 Å². The SMILES string of the molecule is O=CCCCCC=NN1CCCCC1. The lowest BCUT2D eigenvalue weighted by Crippen LogP contribution is -2.24. The molecule has 1 aliphatic rings. The van der Waals surface area contributed by atoms with Gasteiger partial charge in [0.25, 0.3) is 0 Å². The fourth-order valence-corrected chi connectivity index (χ4v) is 1.63. The van der Waals surface area contributed by atoms with Gasteiger partial charge in [-0.15, -0.1) is 0 Å². The Morgan fingerprint density at radius 1 is 1.07 bits per heavy atom. The summed E-state index contributed by atoms with van der Waals surface area (Å²) in [7, 11) is 0. The average molecular weight is 196 g/mol. The summed E-state index contributed by atoms with van der Waals surface area (Å²) in [5.74, 6) is 0. The van der Waals surface area contributed by atoms with Crippen molar-refractivity contribution in [3.05, 3.63) is 0 Å². The van der Waals surface area contributed by atoms with E-state index in [0.717, 1.165) is 38.6 Å². The van der Waals surface area contributed by atoms with Gasteiger partial charge < -0.3 is 4.79 Å². The van der Waals surface area contributed by atoms with E-state index in [0.29, 0.717) is 6.42 Å². The predicted octanol–water partition coefficient (Wildman–Crippen LogP) is 2.22. The molecule has 0 atom stereocenters. The van der Waals surface area contributed by atoms with E-state index in [4.69, 9.17) is 0 Å². The molecule has 1 fully saturated rings. The van der Waals surface area contributed by atoms with Crippen LogP contribution in [0.4, 0.5) is 0 Å². The largest absolute Gasteiger partial charge is 0.303 e. The van der Waals surface area contributed by atoms with E-state index in [1.807, 2.05) is 6.21 Å². The lowest BCUT2D eigenvalue weighted by atomic mass is 10.2. The highest BCUT2D eigenvalue weighted by atomic mass is 16.1. The van der Waals surface area contributed by atoms with Crippen LogP contribution in [0.15, 0.2) is 5.10 Å². The summed E-state index contributed by atoms with van der Waals surface area (Å²) in [5.41, 5.74) is 0. The van der Waals surface area contributed by atoms with Crippen molar-refractivity contribution in [3.63, 3.8) is 0 Å². The van der Waals surface area contributed by atoms with E-state index < -0.39 is 0 Å². The van der Waals surface area contributed by atoms with Gasteiger partial charge in [-0.2, -0.15) is 5.10 Å². The van der Waals surface area contributed by atoms with Crippen LogP contribution in [0.5, 0.6) is 0 Å². The third-order valence-electron chi connectivity index (χ3n) is 2.48. The topological polar surface area (TPSA) is 32.7 Å². The molecule has 1 rings (SSSR count). The fraction of sp³-hybridized carbons (Fsp3) is 0.818. The normalized spacial score (nSPS) is 17.6. The van der Waals surface area contributed by atoms with Crippen molar-refractivity contribution < 1.29 is 4.79 Å². The zero-order valence-corrected chi connectivity index (χ0v) is 8.82. The van der Waals surface area contributed by atoms with Gasteiger partial charge in [-0.3, -0.25) is 5.01 Å². The van der Waals surface area contributed by atoms with Crippen LogP contribution >= 0.6 is 0 Å². The molecule has 0 amide bonds. The first-order valence-corrected chi connectivity index (χ1v) is 5.64. The number of carbonyl (C=O) groups is 1. The van der Waals surface area contributed by atoms with Gasteiger partial charge in [-0.1, -0.05) is 0 Å². The fourth-order valence-electron chi connectivity index (χ4n) is 1.63. The van der Waals surface area contributed by atoms with Crippen LogP contribution < -0.4 is 0 Å². The maximum absolute atomic E-state index is 10.0. The smallest absolute Gasteiger partial charge is 0.119 e. The number of nitrogens with zero attached hydrogens (tertiary/aromatic N) is 2. The molecule has 0 aromatic heterocycles. The molecule has 0 aliphatic carbocycles. The summed E-state index contributed by atoms with van der Waals surface area (Å²) in [6, 6.07) is 0. The van der Waals surface area contributed by atoms with Crippen molar-refractivity contribution in [2.45, 2.75) is 44.9 Å². The number of hydrazone groups is 1. The Bertz CT molecular complexity index is 174. The molecule has 3 nitrogen and oxygen atoms in total. The maximum Gasteiger partial charge on any atom is 0.119 e. The van der Waals surface area contributed by atoms with E-state index in [-0.39, 0.29) is 0 Å². The van der Waals surface area contributed by atoms with Gasteiger partial charge >= 0.3 is 0 Å². The number of piperidine rings is 1. The van der Waals surface area contributed by atoms with Gasteiger partial charge in [0.2, 0.25) is 0 Å². The zero-order valence-electron chi connectivity index (χ0n) is 8.82. The van der Waals surface area contributed by atoms with Crippen LogP contribution in [0.2, 0.25) is 0 Å². The second-order valence-corrected chi connectivity index (χ2v) is 3.76. The highest BCUT2D eigenvalue weighted by molar-refractivity contribution is 5.56. The molecule has 0 saturated carbocycles. The third-order valence-corrected chi connectivity index (χ3v) is 2.48. The number of rotatable bonds is 6. The van der Waals surface area contributed by atoms with Crippen LogP contribution in [0.25, 0.3) is 0 Å². The number of carbonyl (C=O) groups excluding carboxylic acids is 1. The number of aldehydes is 1. The van der Waals surface area contributed by atoms with E-state index in [9.17, 15) is 4.79 Å². The Kier molecular flexibility index (Phi) is 6.04. The first-order chi connectivity index (χ1) is 6.93. The Morgan fingerprint density at radius 3 is 2.50 bits per heavy atom. The summed E-state index contributed by atoms with van der Waals surface area (Å²) >= 11 is 0. The molecule has 0 aromatic carbocycles. The van der Waals surface area contributed by atoms with Gasteiger partial charge in [0.05, 0.1) is 0 Å². The first-order valence-electron chi connectivity index (χ1n) is 5.64. The Labute approximate surface area is 86.2 Å². The molecule has 0 bridgehead atoms. The van der Waals surface area contributed by atoms with Crippen molar-refractivity contribution in [3.8, 4) is 0 Å². The van der Waals surface area contributed by atoms with Gasteiger partial charge in [0.1, 0.15) is 6.29 Å². The molecule has 0 radical (unpaired) electrons. The van der Waals surface area contributed by atoms with E-state index in [1.54, 1.807) is 0 Å². The molecule has 1 heterocycles. The molecule has 0 aromatic rings. The van der Waals surface area contributed by atoms with Crippen LogP contribution in [-0.2, 0) is 4.79 Å². The van der Waals surface area contributed by atoms with E-state index in [1.165, 1.54) is 19.3 Å². The molecule has 0 unspecified atom stereocenters. The number of hydrogen-bond donors (Lipinski definition) is 0. The summed E-state index contributed by atoms with van der Waals surface area (Å²) in [5, 5.41) is 6.56. The van der Waals surface area contributed by atoms with Crippen LogP contribution in [-0.4, -0.2) is 30.6 Å². The second kappa shape index (κ2) is 7.54. The Morgan fingerprint density at radius 2 is 1.79 bits per heavy atom. The Balaban J connectivity index is 1.98. The minimum atomic E-state index is 0.692. The van der Waals surface area contributed by atoms with Crippen LogP contribution in [0.1, 0.15) is 44.9 Å². The zero-order chi connectivity index (χ0) is 10.1. The molecule has 1 aliphatic heterocycles. The molecule has 3 heteroatoms. The van der Waals surface area contributed by atoms with Gasteiger partial charge in [-0.25, -0.2) is 0 Å². The molecule has 14 heavy (non-hydrogen) atoms. The number of unbranched alkanes of at least 4 members (excludes halogenated alkanes) is 3. The molecule has 0 N–H and O–H groups in total. The van der Waals surface area contributed by atoms with Crippen LogP contribution in [0, 0.1) is 0 Å². The maximum atomic E-state index is 10.0. The molecule has 0 spiro atoms. The van der Waals surface area contributed by atoms with E-state index in [2.05, 4.69) is 10.1 Å². The minimum absolute atomic E-state index is 0.692. The first kappa shape index (κ1) is 11.2. The Hall–Kier alpha value is -0.860. The lowest BCUT2D eigenvalue weighted by Gasteiger charge is -2.23. The molecule has 1 saturated heterocycles. The van der Waals surface area contributed by atoms with Gasteiger partial charge in [-0.05, 0) is 38.5 Å².